The van der Waals surface area contributed by atoms with Crippen molar-refractivity contribution in [3.8, 4) is 0 Å². The van der Waals surface area contributed by atoms with Gasteiger partial charge in [0.05, 0.1) is 23.1 Å². The number of rotatable bonds is 4. The number of likely N-dealkylation sites (tertiary alicyclic amines) is 1. The van der Waals surface area contributed by atoms with Gasteiger partial charge in [-0.15, -0.1) is 11.3 Å². The normalized spacial score (nSPS) is 30.2. The first-order valence-corrected chi connectivity index (χ1v) is 10.3. The summed E-state index contributed by atoms with van der Waals surface area (Å²) in [4.78, 5) is 8.00. The number of hydrogen-bond donors (Lipinski definition) is 1. The Labute approximate surface area is 135 Å². The van der Waals surface area contributed by atoms with E-state index in [1.165, 1.54) is 11.1 Å². The molecule has 0 aromatic carbocycles. The van der Waals surface area contributed by atoms with E-state index in [9.17, 15) is 8.42 Å². The van der Waals surface area contributed by atoms with Crippen LogP contribution in [0.5, 0.6) is 0 Å². The molecule has 0 unspecified atom stereocenters. The molecule has 2 atom stereocenters. The Hall–Kier alpha value is -0.540. The number of thiazole rings is 1. The van der Waals surface area contributed by atoms with Crippen LogP contribution in [-0.4, -0.2) is 55.9 Å². The first-order chi connectivity index (χ1) is 10.4. The van der Waals surface area contributed by atoms with Crippen LogP contribution in [0.15, 0.2) is 5.51 Å². The third-order valence-electron chi connectivity index (χ3n) is 4.48. The smallest absolute Gasteiger partial charge is 0.208 e. The molecule has 2 fully saturated rings. The molecule has 0 radical (unpaired) electrons. The fourth-order valence-corrected chi connectivity index (χ4v) is 5.08. The summed E-state index contributed by atoms with van der Waals surface area (Å²) in [6, 6.07) is -0.00570. The molecular weight excluding hydrogens is 322 g/mol. The minimum atomic E-state index is -3.16. The van der Waals surface area contributed by atoms with Crippen LogP contribution in [0.2, 0.25) is 0 Å². The lowest BCUT2D eigenvalue weighted by Crippen LogP contribution is -2.49. The molecule has 0 amide bonds. The lowest BCUT2D eigenvalue weighted by molar-refractivity contribution is -0.0779. The summed E-state index contributed by atoms with van der Waals surface area (Å²) >= 11 is 1.69. The van der Waals surface area contributed by atoms with Crippen LogP contribution >= 0.6 is 11.3 Å². The molecule has 3 rings (SSSR count). The Kier molecular flexibility index (Phi) is 4.57. The minimum Gasteiger partial charge on any atom is -0.373 e. The highest BCUT2D eigenvalue weighted by molar-refractivity contribution is 7.88. The van der Waals surface area contributed by atoms with E-state index in [-0.39, 0.29) is 11.6 Å². The number of ether oxygens (including phenoxy) is 1. The van der Waals surface area contributed by atoms with E-state index in [1.54, 1.807) is 11.3 Å². The molecular formula is C14H23N3O3S2. The van der Waals surface area contributed by atoms with Gasteiger partial charge in [0.15, 0.2) is 0 Å². The maximum Gasteiger partial charge on any atom is 0.208 e. The van der Waals surface area contributed by atoms with Gasteiger partial charge >= 0.3 is 0 Å². The molecule has 124 valence electrons. The molecule has 3 heterocycles. The van der Waals surface area contributed by atoms with Gasteiger partial charge in [-0.3, -0.25) is 4.90 Å². The van der Waals surface area contributed by atoms with Crippen LogP contribution in [-0.2, 0) is 21.3 Å². The number of nitrogens with one attached hydrogen (secondary N) is 1. The van der Waals surface area contributed by atoms with E-state index in [0.717, 1.165) is 44.6 Å². The Balaban J connectivity index is 1.61. The van der Waals surface area contributed by atoms with Crippen molar-refractivity contribution in [2.75, 3.05) is 26.0 Å². The topological polar surface area (TPSA) is 71.5 Å². The van der Waals surface area contributed by atoms with Gasteiger partial charge in [0, 0.05) is 37.2 Å². The van der Waals surface area contributed by atoms with Gasteiger partial charge in [-0.05, 0) is 26.2 Å². The average molecular weight is 345 g/mol. The maximum absolute atomic E-state index is 11.4. The maximum atomic E-state index is 11.4. The third kappa shape index (κ3) is 3.86. The quantitative estimate of drug-likeness (QED) is 0.885. The van der Waals surface area contributed by atoms with Crippen molar-refractivity contribution >= 4 is 21.4 Å². The van der Waals surface area contributed by atoms with E-state index in [4.69, 9.17) is 4.74 Å². The molecule has 8 heteroatoms. The van der Waals surface area contributed by atoms with Crippen LogP contribution in [0.4, 0.5) is 0 Å². The van der Waals surface area contributed by atoms with Gasteiger partial charge in [-0.2, -0.15) is 0 Å². The Bertz CT molecular complexity index is 631. The Morgan fingerprint density at radius 1 is 1.59 bits per heavy atom. The number of nitrogens with zero attached hydrogens (tertiary/aromatic N) is 2. The summed E-state index contributed by atoms with van der Waals surface area (Å²) in [6.07, 6.45) is 3.70. The van der Waals surface area contributed by atoms with Crippen molar-refractivity contribution in [3.05, 3.63) is 16.1 Å². The number of sulfonamides is 1. The highest BCUT2D eigenvalue weighted by atomic mass is 32.2. The van der Waals surface area contributed by atoms with Crippen LogP contribution in [0.1, 0.15) is 29.8 Å². The fourth-order valence-electron chi connectivity index (χ4n) is 3.46. The minimum absolute atomic E-state index is 0.00570. The Morgan fingerprint density at radius 3 is 3.09 bits per heavy atom. The predicted molar refractivity (Wildman–Crippen MR) is 86.4 cm³/mol. The zero-order valence-electron chi connectivity index (χ0n) is 13.0. The molecule has 0 saturated carbocycles. The largest absolute Gasteiger partial charge is 0.373 e. The lowest BCUT2D eigenvalue weighted by Gasteiger charge is -2.38. The van der Waals surface area contributed by atoms with Gasteiger partial charge in [0.2, 0.25) is 10.0 Å². The van der Waals surface area contributed by atoms with Crippen molar-refractivity contribution in [2.24, 2.45) is 0 Å². The van der Waals surface area contributed by atoms with E-state index in [1.807, 2.05) is 12.4 Å². The number of hydrogen-bond acceptors (Lipinski definition) is 6. The molecule has 22 heavy (non-hydrogen) atoms. The second kappa shape index (κ2) is 6.16. The van der Waals surface area contributed by atoms with Gasteiger partial charge in [-0.25, -0.2) is 18.1 Å². The molecule has 1 N–H and O–H groups in total. The molecule has 1 aromatic heterocycles. The summed E-state index contributed by atoms with van der Waals surface area (Å²) < 4.78 is 31.7. The van der Waals surface area contributed by atoms with E-state index in [2.05, 4.69) is 14.6 Å². The summed E-state index contributed by atoms with van der Waals surface area (Å²) in [5, 5.41) is 0. The van der Waals surface area contributed by atoms with E-state index in [0.29, 0.717) is 6.61 Å². The van der Waals surface area contributed by atoms with Crippen LogP contribution < -0.4 is 4.72 Å². The first-order valence-electron chi connectivity index (χ1n) is 7.58. The third-order valence-corrected chi connectivity index (χ3v) is 6.16. The molecule has 0 aliphatic carbocycles. The summed E-state index contributed by atoms with van der Waals surface area (Å²) in [6.45, 7) is 5.43. The van der Waals surface area contributed by atoms with Crippen LogP contribution in [0.25, 0.3) is 0 Å². The second-order valence-corrected chi connectivity index (χ2v) is 9.15. The average Bonchev–Trinajstić information content (AvgIpc) is 2.96. The predicted octanol–water partition coefficient (Wildman–Crippen LogP) is 1.12. The standard InChI is InChI=1S/C14H23N3O3S2/c1-11-13(21-10-15-11)8-17-5-4-14(9-17)7-12(3-6-20-14)16-22(2,18)19/h10,12,16H,3-9H2,1-2H3/t12-,14+/m0/s1. The Morgan fingerprint density at radius 2 is 2.41 bits per heavy atom. The number of aromatic nitrogens is 1. The monoisotopic (exact) mass is 345 g/mol. The van der Waals surface area contributed by atoms with Crippen molar-refractivity contribution in [2.45, 2.75) is 44.4 Å². The SMILES string of the molecule is Cc1ncsc1CN1CC[C@@]2(C[C@@H](NS(C)(=O)=O)CCO2)C1. The van der Waals surface area contributed by atoms with E-state index < -0.39 is 10.0 Å². The van der Waals surface area contributed by atoms with E-state index >= 15 is 0 Å². The molecule has 1 aromatic rings. The van der Waals surface area contributed by atoms with Gasteiger partial charge in [0.1, 0.15) is 0 Å². The van der Waals surface area contributed by atoms with Crippen molar-refractivity contribution < 1.29 is 13.2 Å². The second-order valence-electron chi connectivity index (χ2n) is 6.43. The molecule has 1 spiro atoms. The van der Waals surface area contributed by atoms with Crippen LogP contribution in [0.3, 0.4) is 0 Å². The molecule has 2 aliphatic rings. The van der Waals surface area contributed by atoms with Crippen molar-refractivity contribution in [1.82, 2.24) is 14.6 Å². The summed E-state index contributed by atoms with van der Waals surface area (Å²) in [7, 11) is -3.16. The molecule has 2 aliphatic heterocycles. The molecule has 6 nitrogen and oxygen atoms in total. The lowest BCUT2D eigenvalue weighted by atomic mass is 9.90. The molecule has 0 bridgehead atoms. The number of aryl methyl sites for hydroxylation is 1. The van der Waals surface area contributed by atoms with Crippen molar-refractivity contribution in [3.63, 3.8) is 0 Å². The highest BCUT2D eigenvalue weighted by Gasteiger charge is 2.43. The zero-order valence-corrected chi connectivity index (χ0v) is 14.7. The highest BCUT2D eigenvalue weighted by Crippen LogP contribution is 2.35. The zero-order chi connectivity index (χ0) is 15.8. The summed E-state index contributed by atoms with van der Waals surface area (Å²) in [5.74, 6) is 0. The first kappa shape index (κ1) is 16.3. The van der Waals surface area contributed by atoms with Crippen LogP contribution in [0, 0.1) is 6.92 Å². The summed E-state index contributed by atoms with van der Waals surface area (Å²) in [5.41, 5.74) is 2.80. The molecule has 2 saturated heterocycles. The van der Waals surface area contributed by atoms with Gasteiger partial charge in [-0.1, -0.05) is 0 Å². The van der Waals surface area contributed by atoms with Crippen molar-refractivity contribution in [1.29, 1.82) is 0 Å². The van der Waals surface area contributed by atoms with Gasteiger partial charge in [0.25, 0.3) is 0 Å². The van der Waals surface area contributed by atoms with Gasteiger partial charge < -0.3 is 4.74 Å². The fraction of sp³-hybridized carbons (Fsp3) is 0.786.